The van der Waals surface area contributed by atoms with E-state index in [9.17, 15) is 5.26 Å². The maximum atomic E-state index is 10.0. The number of benzene rings is 2. The van der Waals surface area contributed by atoms with Gasteiger partial charge in [0.1, 0.15) is 17.6 Å². The Kier molecular flexibility index (Phi) is 10.6. The summed E-state index contributed by atoms with van der Waals surface area (Å²) in [6.45, 7) is 3.01. The van der Waals surface area contributed by atoms with Gasteiger partial charge in [-0.25, -0.2) is 9.97 Å². The van der Waals surface area contributed by atoms with Gasteiger partial charge in [0.15, 0.2) is 0 Å². The first-order valence-electron chi connectivity index (χ1n) is 12.4. The molecule has 0 fully saturated rings. The third-order valence-electron chi connectivity index (χ3n) is 5.76. The van der Waals surface area contributed by atoms with E-state index in [1.165, 1.54) is 0 Å². The van der Waals surface area contributed by atoms with Gasteiger partial charge in [0.25, 0.3) is 0 Å². The number of nitrogens with one attached hydrogen (secondary N) is 2. The third kappa shape index (κ3) is 7.49. The fraction of sp³-hybridized carbons (Fsp3) is 0.276. The molecule has 2 heterocycles. The molecule has 10 heteroatoms. The number of anilines is 2. The number of hydrogen-bond acceptors (Lipinski definition) is 10. The van der Waals surface area contributed by atoms with Crippen LogP contribution in [0.3, 0.4) is 0 Å². The minimum absolute atomic E-state index is 0.459. The molecule has 2 N–H and O–H groups in total. The molecule has 0 aliphatic carbocycles. The average molecular weight is 562 g/mol. The first-order chi connectivity index (χ1) is 19.2. The zero-order valence-corrected chi connectivity index (χ0v) is 23.8. The Morgan fingerprint density at radius 1 is 1.03 bits per heavy atom. The van der Waals surface area contributed by atoms with Gasteiger partial charge in [-0.1, -0.05) is 18.2 Å². The van der Waals surface area contributed by atoms with E-state index in [1.807, 2.05) is 60.9 Å². The highest BCUT2D eigenvalue weighted by atomic mass is 32.2. The predicted octanol–water partition coefficient (Wildman–Crippen LogP) is 6.22. The summed E-state index contributed by atoms with van der Waals surface area (Å²) >= 11 is 3.11. The first kappa shape index (κ1) is 28.4. The van der Waals surface area contributed by atoms with Crippen LogP contribution in [0.2, 0.25) is 0 Å². The van der Waals surface area contributed by atoms with Crippen molar-refractivity contribution in [2.45, 2.75) is 10.6 Å². The molecule has 0 spiro atoms. The number of thioether (sulfide) groups is 1. The first-order valence-corrected chi connectivity index (χ1v) is 14.5. The van der Waals surface area contributed by atoms with Crippen molar-refractivity contribution in [2.75, 3.05) is 52.1 Å². The molecule has 39 heavy (non-hydrogen) atoms. The predicted molar refractivity (Wildman–Crippen MR) is 158 cm³/mol. The highest BCUT2D eigenvalue weighted by Gasteiger charge is 2.22. The Hall–Kier alpha value is -3.62. The van der Waals surface area contributed by atoms with E-state index in [0.717, 1.165) is 62.6 Å². The number of rotatable bonds is 14. The normalized spacial score (nSPS) is 10.7. The molecule has 202 valence electrons. The minimum atomic E-state index is 0.459. The molecule has 0 aliphatic heterocycles. The van der Waals surface area contributed by atoms with E-state index in [1.54, 1.807) is 43.5 Å². The Labute approximate surface area is 237 Å². The lowest BCUT2D eigenvalue weighted by Gasteiger charge is -2.11. The molecule has 2 aromatic heterocycles. The van der Waals surface area contributed by atoms with E-state index >= 15 is 0 Å². The van der Waals surface area contributed by atoms with E-state index in [0.29, 0.717) is 24.7 Å². The van der Waals surface area contributed by atoms with Crippen LogP contribution >= 0.6 is 23.1 Å². The Morgan fingerprint density at radius 3 is 2.67 bits per heavy atom. The van der Waals surface area contributed by atoms with Crippen molar-refractivity contribution >= 4 is 34.7 Å². The molecule has 0 saturated heterocycles. The second-order valence-corrected chi connectivity index (χ2v) is 10.5. The summed E-state index contributed by atoms with van der Waals surface area (Å²) in [6.07, 6.45) is 4.60. The Morgan fingerprint density at radius 2 is 1.87 bits per heavy atom. The standard InChI is InChI=1S/C29H31N5O3S2/c1-35-16-14-31-12-6-15-37-23-10-5-8-21(18-23)33-29-32-13-11-25(34-29)27-26(24(19-30)28(38-3)39-27)20-7-4-9-22(17-20)36-2/h4-5,7-11,13,17-18,31H,6,12,14-16H2,1-3H3,(H,32,33,34). The van der Waals surface area contributed by atoms with Gasteiger partial charge in [-0.15, -0.1) is 23.1 Å². The van der Waals surface area contributed by atoms with Crippen LogP contribution in [0, 0.1) is 11.3 Å². The fourth-order valence-electron chi connectivity index (χ4n) is 3.91. The molecule has 0 bridgehead atoms. The van der Waals surface area contributed by atoms with Crippen molar-refractivity contribution in [3.8, 4) is 39.3 Å². The largest absolute Gasteiger partial charge is 0.497 e. The molecule has 0 unspecified atom stereocenters. The summed E-state index contributed by atoms with van der Waals surface area (Å²) in [5, 5.41) is 16.6. The summed E-state index contributed by atoms with van der Waals surface area (Å²) in [5.41, 5.74) is 3.96. The van der Waals surface area contributed by atoms with Crippen molar-refractivity contribution < 1.29 is 14.2 Å². The quantitative estimate of drug-likeness (QED) is 0.137. The number of ether oxygens (including phenoxy) is 3. The number of methoxy groups -OCH3 is 2. The summed E-state index contributed by atoms with van der Waals surface area (Å²) in [5.74, 6) is 1.96. The molecular formula is C29H31N5O3S2. The van der Waals surface area contributed by atoms with Gasteiger partial charge in [0.2, 0.25) is 5.95 Å². The van der Waals surface area contributed by atoms with Gasteiger partial charge in [-0.05, 0) is 55.1 Å². The van der Waals surface area contributed by atoms with Crippen molar-refractivity contribution in [1.29, 1.82) is 5.26 Å². The fourth-order valence-corrected chi connectivity index (χ4v) is 5.83. The maximum Gasteiger partial charge on any atom is 0.227 e. The molecule has 0 radical (unpaired) electrons. The SMILES string of the molecule is COCCNCCCOc1cccc(Nc2nccc(-c3sc(SC)c(C#N)c3-c3cccc(OC)c3)n2)c1. The van der Waals surface area contributed by atoms with Crippen LogP contribution < -0.4 is 20.1 Å². The second kappa shape index (κ2) is 14.5. The van der Waals surface area contributed by atoms with E-state index in [2.05, 4.69) is 21.7 Å². The zero-order chi connectivity index (χ0) is 27.5. The third-order valence-corrected chi connectivity index (χ3v) is 8.09. The number of nitrogens with zero attached hydrogens (tertiary/aromatic N) is 3. The topological polar surface area (TPSA) is 101 Å². The van der Waals surface area contributed by atoms with Crippen LogP contribution in [0.4, 0.5) is 11.6 Å². The van der Waals surface area contributed by atoms with Gasteiger partial charge in [0.05, 0.1) is 40.7 Å². The van der Waals surface area contributed by atoms with Crippen LogP contribution in [0.1, 0.15) is 12.0 Å². The number of hydrogen-bond donors (Lipinski definition) is 2. The molecule has 4 rings (SSSR count). The monoisotopic (exact) mass is 561 g/mol. The van der Waals surface area contributed by atoms with Crippen LogP contribution in [-0.4, -0.2) is 56.7 Å². The molecule has 8 nitrogen and oxygen atoms in total. The van der Waals surface area contributed by atoms with Crippen LogP contribution in [0.15, 0.2) is 65.0 Å². The summed E-state index contributed by atoms with van der Waals surface area (Å²) in [6, 6.07) is 19.8. The van der Waals surface area contributed by atoms with Gasteiger partial charge in [-0.2, -0.15) is 5.26 Å². The number of aromatic nitrogens is 2. The van der Waals surface area contributed by atoms with Gasteiger partial charge < -0.3 is 24.8 Å². The van der Waals surface area contributed by atoms with Crippen molar-refractivity contribution in [2.24, 2.45) is 0 Å². The van der Waals surface area contributed by atoms with E-state index in [4.69, 9.17) is 19.2 Å². The number of nitriles is 1. The molecule has 0 amide bonds. The summed E-state index contributed by atoms with van der Waals surface area (Å²) in [7, 11) is 3.33. The van der Waals surface area contributed by atoms with Crippen molar-refractivity contribution in [1.82, 2.24) is 15.3 Å². The lowest BCUT2D eigenvalue weighted by Crippen LogP contribution is -2.21. The Balaban J connectivity index is 1.53. The minimum Gasteiger partial charge on any atom is -0.497 e. The smallest absolute Gasteiger partial charge is 0.227 e. The zero-order valence-electron chi connectivity index (χ0n) is 22.2. The summed E-state index contributed by atoms with van der Waals surface area (Å²) in [4.78, 5) is 10.2. The van der Waals surface area contributed by atoms with E-state index < -0.39 is 0 Å². The van der Waals surface area contributed by atoms with Crippen LogP contribution in [-0.2, 0) is 4.74 Å². The van der Waals surface area contributed by atoms with Gasteiger partial charge >= 0.3 is 0 Å². The molecule has 4 aromatic rings. The lowest BCUT2D eigenvalue weighted by molar-refractivity contribution is 0.198. The van der Waals surface area contributed by atoms with E-state index in [-0.39, 0.29) is 0 Å². The van der Waals surface area contributed by atoms with Crippen LogP contribution in [0.5, 0.6) is 11.5 Å². The molecule has 0 aliphatic rings. The number of thiophene rings is 1. The molecule has 0 atom stereocenters. The maximum absolute atomic E-state index is 10.0. The average Bonchev–Trinajstić information content (AvgIpc) is 3.36. The Bertz CT molecular complexity index is 1420. The van der Waals surface area contributed by atoms with Gasteiger partial charge in [-0.3, -0.25) is 0 Å². The van der Waals surface area contributed by atoms with Crippen molar-refractivity contribution in [3.63, 3.8) is 0 Å². The van der Waals surface area contributed by atoms with Crippen LogP contribution in [0.25, 0.3) is 21.7 Å². The molecule has 2 aromatic carbocycles. The summed E-state index contributed by atoms with van der Waals surface area (Å²) < 4.78 is 17.3. The molecule has 0 saturated carbocycles. The van der Waals surface area contributed by atoms with Crippen molar-refractivity contribution in [3.05, 3.63) is 66.4 Å². The highest BCUT2D eigenvalue weighted by Crippen LogP contribution is 2.46. The lowest BCUT2D eigenvalue weighted by atomic mass is 10.0. The second-order valence-electron chi connectivity index (χ2n) is 8.38. The highest BCUT2D eigenvalue weighted by molar-refractivity contribution is 8.00. The molecular weight excluding hydrogens is 530 g/mol. The van der Waals surface area contributed by atoms with Gasteiger partial charge in [0, 0.05) is 37.2 Å².